The van der Waals surface area contributed by atoms with Gasteiger partial charge in [-0.05, 0) is 23.8 Å². The van der Waals surface area contributed by atoms with Crippen LogP contribution in [0.15, 0.2) is 24.4 Å². The molecule has 0 fully saturated rings. The van der Waals surface area contributed by atoms with Crippen molar-refractivity contribution in [2.45, 2.75) is 13.0 Å². The van der Waals surface area contributed by atoms with Crippen LogP contribution in [0, 0.1) is 17.5 Å². The van der Waals surface area contributed by atoms with Gasteiger partial charge in [0, 0.05) is 31.4 Å². The van der Waals surface area contributed by atoms with Gasteiger partial charge in [-0.15, -0.1) is 0 Å². The number of hydrogen-bond donors (Lipinski definition) is 1. The lowest BCUT2D eigenvalue weighted by molar-refractivity contribution is 0.0728. The summed E-state index contributed by atoms with van der Waals surface area (Å²) in [5.74, 6) is -4.98. The number of aromatic amines is 1. The summed E-state index contributed by atoms with van der Waals surface area (Å²) < 4.78 is 39.7. The molecule has 1 amide bonds. The van der Waals surface area contributed by atoms with Crippen LogP contribution in [0.25, 0.3) is 0 Å². The van der Waals surface area contributed by atoms with Crippen molar-refractivity contribution in [2.75, 3.05) is 6.54 Å². The third kappa shape index (κ3) is 1.97. The van der Waals surface area contributed by atoms with Gasteiger partial charge in [0.2, 0.25) is 0 Å². The van der Waals surface area contributed by atoms with Gasteiger partial charge in [-0.3, -0.25) is 4.79 Å². The van der Waals surface area contributed by atoms with Gasteiger partial charge in [-0.25, -0.2) is 13.2 Å². The summed E-state index contributed by atoms with van der Waals surface area (Å²) in [6, 6.07) is 3.58. The number of carbonyl (C=O) groups excluding carboxylic acids is 1. The monoisotopic (exact) mass is 280 g/mol. The Kier molecular flexibility index (Phi) is 3.00. The highest BCUT2D eigenvalue weighted by molar-refractivity contribution is 5.94. The summed E-state index contributed by atoms with van der Waals surface area (Å²) in [5.41, 5.74) is 1.55. The van der Waals surface area contributed by atoms with Crippen LogP contribution in [0.3, 0.4) is 0 Å². The highest BCUT2D eigenvalue weighted by atomic mass is 19.2. The fourth-order valence-corrected chi connectivity index (χ4v) is 2.38. The van der Waals surface area contributed by atoms with Gasteiger partial charge in [0.15, 0.2) is 17.5 Å². The normalized spacial score (nSPS) is 14.2. The zero-order valence-electron chi connectivity index (χ0n) is 10.4. The Balaban J connectivity index is 1.89. The molecule has 0 atom stereocenters. The lowest BCUT2D eigenvalue weighted by atomic mass is 10.1. The quantitative estimate of drug-likeness (QED) is 0.801. The Morgan fingerprint density at radius 3 is 2.75 bits per heavy atom. The Morgan fingerprint density at radius 1 is 1.15 bits per heavy atom. The molecular formula is C14H11F3N2O. The molecule has 6 heteroatoms. The van der Waals surface area contributed by atoms with E-state index >= 15 is 0 Å². The number of H-pyrrole nitrogens is 1. The fourth-order valence-electron chi connectivity index (χ4n) is 2.38. The summed E-state index contributed by atoms with van der Waals surface area (Å²) in [6.07, 6.45) is 2.40. The van der Waals surface area contributed by atoms with E-state index < -0.39 is 28.9 Å². The van der Waals surface area contributed by atoms with Gasteiger partial charge in [0.05, 0.1) is 5.56 Å². The SMILES string of the molecule is O=C(c1ccc(F)c(F)c1F)N1CCc2[nH]ccc2C1. The lowest BCUT2D eigenvalue weighted by Gasteiger charge is -2.27. The molecule has 0 bridgehead atoms. The predicted molar refractivity (Wildman–Crippen MR) is 65.6 cm³/mol. The van der Waals surface area contributed by atoms with Crippen LogP contribution in [0.5, 0.6) is 0 Å². The first-order valence-corrected chi connectivity index (χ1v) is 6.16. The third-order valence-electron chi connectivity index (χ3n) is 3.48. The molecule has 104 valence electrons. The summed E-state index contributed by atoms with van der Waals surface area (Å²) in [4.78, 5) is 16.7. The second kappa shape index (κ2) is 4.70. The molecule has 0 spiro atoms. The van der Waals surface area contributed by atoms with Gasteiger partial charge >= 0.3 is 0 Å². The molecule has 3 rings (SSSR count). The van der Waals surface area contributed by atoms with Crippen molar-refractivity contribution in [3.8, 4) is 0 Å². The highest BCUT2D eigenvalue weighted by Gasteiger charge is 2.26. The van der Waals surface area contributed by atoms with Crippen molar-refractivity contribution < 1.29 is 18.0 Å². The van der Waals surface area contributed by atoms with Gasteiger partial charge in [0.1, 0.15) is 0 Å². The average Bonchev–Trinajstić information content (AvgIpc) is 2.91. The number of nitrogens with one attached hydrogen (secondary N) is 1. The minimum absolute atomic E-state index is 0.329. The predicted octanol–water partition coefficient (Wildman–Crippen LogP) is 2.63. The number of benzene rings is 1. The molecule has 20 heavy (non-hydrogen) atoms. The number of hydrogen-bond acceptors (Lipinski definition) is 1. The van der Waals surface area contributed by atoms with Crippen LogP contribution < -0.4 is 0 Å². The third-order valence-corrected chi connectivity index (χ3v) is 3.48. The fraction of sp³-hybridized carbons (Fsp3) is 0.214. The van der Waals surface area contributed by atoms with E-state index in [1.54, 1.807) is 6.20 Å². The lowest BCUT2D eigenvalue weighted by Crippen LogP contribution is -2.36. The molecule has 2 heterocycles. The van der Waals surface area contributed by atoms with Crippen LogP contribution in [0.4, 0.5) is 13.2 Å². The number of rotatable bonds is 1. The van der Waals surface area contributed by atoms with Crippen molar-refractivity contribution in [3.05, 3.63) is 58.7 Å². The van der Waals surface area contributed by atoms with Crippen LogP contribution >= 0.6 is 0 Å². The van der Waals surface area contributed by atoms with Gasteiger partial charge in [-0.1, -0.05) is 0 Å². The maximum atomic E-state index is 13.6. The van der Waals surface area contributed by atoms with Crippen LogP contribution in [0.2, 0.25) is 0 Å². The van der Waals surface area contributed by atoms with Crippen molar-refractivity contribution in [1.82, 2.24) is 9.88 Å². The van der Waals surface area contributed by atoms with E-state index in [1.807, 2.05) is 6.07 Å². The van der Waals surface area contributed by atoms with E-state index in [9.17, 15) is 18.0 Å². The minimum Gasteiger partial charge on any atom is -0.365 e. The van der Waals surface area contributed by atoms with Gasteiger partial charge in [0.25, 0.3) is 5.91 Å². The van der Waals surface area contributed by atoms with E-state index in [2.05, 4.69) is 4.98 Å². The standard InChI is InChI=1S/C14H11F3N2O/c15-10-2-1-9(12(16)13(10)17)14(20)19-6-4-11-8(7-19)3-5-18-11/h1-3,5,18H,4,6-7H2. The molecule has 1 aromatic heterocycles. The van der Waals surface area contributed by atoms with Crippen molar-refractivity contribution in [1.29, 1.82) is 0 Å². The largest absolute Gasteiger partial charge is 0.365 e. The van der Waals surface area contributed by atoms with Crippen LogP contribution in [0.1, 0.15) is 21.6 Å². The van der Waals surface area contributed by atoms with E-state index in [1.165, 1.54) is 4.90 Å². The van der Waals surface area contributed by atoms with Crippen LogP contribution in [-0.4, -0.2) is 22.3 Å². The molecule has 1 aromatic carbocycles. The first-order chi connectivity index (χ1) is 9.58. The summed E-state index contributed by atoms with van der Waals surface area (Å²) in [6.45, 7) is 0.737. The molecule has 0 saturated carbocycles. The molecule has 0 saturated heterocycles. The molecule has 2 aromatic rings. The Morgan fingerprint density at radius 2 is 1.95 bits per heavy atom. The van der Waals surface area contributed by atoms with Crippen molar-refractivity contribution in [2.24, 2.45) is 0 Å². The second-order valence-electron chi connectivity index (χ2n) is 4.68. The number of fused-ring (bicyclic) bond motifs is 1. The number of carbonyl (C=O) groups is 1. The summed E-state index contributed by atoms with van der Waals surface area (Å²) in [7, 11) is 0. The molecule has 3 nitrogen and oxygen atoms in total. The molecule has 0 aliphatic carbocycles. The van der Waals surface area contributed by atoms with Crippen molar-refractivity contribution >= 4 is 5.91 Å². The molecule has 1 aliphatic rings. The molecular weight excluding hydrogens is 269 g/mol. The summed E-state index contributed by atoms with van der Waals surface area (Å²) >= 11 is 0. The molecule has 1 N–H and O–H groups in total. The van der Waals surface area contributed by atoms with Gasteiger partial charge in [-0.2, -0.15) is 0 Å². The number of aromatic nitrogens is 1. The zero-order valence-corrected chi connectivity index (χ0v) is 10.4. The Bertz CT molecular complexity index is 681. The van der Waals surface area contributed by atoms with E-state index in [0.29, 0.717) is 19.5 Å². The number of amides is 1. The number of halogens is 3. The second-order valence-corrected chi connectivity index (χ2v) is 4.68. The summed E-state index contributed by atoms with van der Waals surface area (Å²) in [5, 5.41) is 0. The maximum absolute atomic E-state index is 13.6. The molecule has 0 radical (unpaired) electrons. The van der Waals surface area contributed by atoms with Gasteiger partial charge < -0.3 is 9.88 Å². The Labute approximate surface area is 113 Å². The first-order valence-electron chi connectivity index (χ1n) is 6.16. The maximum Gasteiger partial charge on any atom is 0.257 e. The number of nitrogens with zero attached hydrogens (tertiary/aromatic N) is 1. The smallest absolute Gasteiger partial charge is 0.257 e. The average molecular weight is 280 g/mol. The van der Waals surface area contributed by atoms with E-state index in [4.69, 9.17) is 0 Å². The zero-order chi connectivity index (χ0) is 14.3. The first kappa shape index (κ1) is 12.8. The van der Waals surface area contributed by atoms with Crippen molar-refractivity contribution in [3.63, 3.8) is 0 Å². The topological polar surface area (TPSA) is 36.1 Å². The highest BCUT2D eigenvalue weighted by Crippen LogP contribution is 2.22. The molecule has 0 unspecified atom stereocenters. The minimum atomic E-state index is -1.62. The van der Waals surface area contributed by atoms with E-state index in [0.717, 1.165) is 23.4 Å². The molecule has 1 aliphatic heterocycles. The Hall–Kier alpha value is -2.24. The van der Waals surface area contributed by atoms with Crippen LogP contribution in [-0.2, 0) is 13.0 Å². The van der Waals surface area contributed by atoms with E-state index in [-0.39, 0.29) is 0 Å².